The molecular weight excluding hydrogens is 270 g/mol. The number of furan rings is 1. The van der Waals surface area contributed by atoms with Crippen LogP contribution < -0.4 is 5.32 Å². The predicted molar refractivity (Wildman–Crippen MR) is 76.6 cm³/mol. The van der Waals surface area contributed by atoms with E-state index in [-0.39, 0.29) is 6.03 Å². The van der Waals surface area contributed by atoms with Gasteiger partial charge in [0, 0.05) is 37.6 Å². The van der Waals surface area contributed by atoms with E-state index in [1.54, 1.807) is 23.6 Å². The highest BCUT2D eigenvalue weighted by atomic mass is 16.5. The molecule has 21 heavy (non-hydrogen) atoms. The van der Waals surface area contributed by atoms with E-state index in [1.807, 2.05) is 18.2 Å². The van der Waals surface area contributed by atoms with E-state index in [9.17, 15) is 4.79 Å². The molecule has 0 bridgehead atoms. The van der Waals surface area contributed by atoms with Gasteiger partial charge in [0.05, 0.1) is 19.5 Å². The van der Waals surface area contributed by atoms with Crippen molar-refractivity contribution in [1.29, 1.82) is 0 Å². The maximum atomic E-state index is 12.0. The first kappa shape index (κ1) is 13.6. The molecule has 1 aliphatic heterocycles. The molecule has 6 heteroatoms. The molecule has 6 nitrogen and oxygen atoms in total. The fraction of sp³-hybridized carbons (Fsp3) is 0.333. The molecule has 2 aromatic heterocycles. The number of amides is 2. The third-order valence-corrected chi connectivity index (χ3v) is 3.34. The fourth-order valence-electron chi connectivity index (χ4n) is 2.22. The van der Waals surface area contributed by atoms with Gasteiger partial charge in [0.15, 0.2) is 0 Å². The number of ether oxygens (including phenoxy) is 1. The molecule has 0 atom stereocenters. The smallest absolute Gasteiger partial charge is 0.317 e. The number of carbonyl (C=O) groups is 1. The summed E-state index contributed by atoms with van der Waals surface area (Å²) < 4.78 is 10.6. The van der Waals surface area contributed by atoms with Gasteiger partial charge in [0.2, 0.25) is 0 Å². The van der Waals surface area contributed by atoms with Crippen molar-refractivity contribution in [2.75, 3.05) is 26.3 Å². The Morgan fingerprint density at radius 3 is 2.95 bits per heavy atom. The van der Waals surface area contributed by atoms with Crippen LogP contribution in [0.25, 0.3) is 11.3 Å². The van der Waals surface area contributed by atoms with Crippen LogP contribution in [0.15, 0.2) is 41.3 Å². The summed E-state index contributed by atoms with van der Waals surface area (Å²) in [6.45, 7) is 2.91. The number of nitrogens with one attached hydrogen (secondary N) is 1. The van der Waals surface area contributed by atoms with E-state index in [0.717, 1.165) is 16.9 Å². The number of urea groups is 1. The van der Waals surface area contributed by atoms with Crippen molar-refractivity contribution >= 4 is 6.03 Å². The highest BCUT2D eigenvalue weighted by molar-refractivity contribution is 5.74. The Hall–Kier alpha value is -2.34. The first-order valence-corrected chi connectivity index (χ1v) is 6.91. The average molecular weight is 287 g/mol. The molecule has 1 N–H and O–H groups in total. The van der Waals surface area contributed by atoms with Gasteiger partial charge in [-0.2, -0.15) is 0 Å². The Kier molecular flexibility index (Phi) is 4.16. The van der Waals surface area contributed by atoms with Crippen molar-refractivity contribution in [3.8, 4) is 11.3 Å². The van der Waals surface area contributed by atoms with Crippen LogP contribution in [0.3, 0.4) is 0 Å². The van der Waals surface area contributed by atoms with Crippen LogP contribution in [0.1, 0.15) is 5.56 Å². The molecule has 0 saturated carbocycles. The number of morpholine rings is 1. The predicted octanol–water partition coefficient (Wildman–Crippen LogP) is 1.88. The summed E-state index contributed by atoms with van der Waals surface area (Å²) in [5.41, 5.74) is 1.84. The first-order valence-electron chi connectivity index (χ1n) is 6.91. The second kappa shape index (κ2) is 6.41. The summed E-state index contributed by atoms with van der Waals surface area (Å²) in [7, 11) is 0. The summed E-state index contributed by atoms with van der Waals surface area (Å²) in [4.78, 5) is 17.9. The molecule has 1 fully saturated rings. The molecule has 0 radical (unpaired) electrons. The second-order valence-electron chi connectivity index (χ2n) is 4.82. The number of aromatic nitrogens is 1. The second-order valence-corrected chi connectivity index (χ2v) is 4.82. The molecule has 2 aromatic rings. The van der Waals surface area contributed by atoms with Crippen LogP contribution >= 0.6 is 0 Å². The monoisotopic (exact) mass is 287 g/mol. The Morgan fingerprint density at radius 1 is 1.33 bits per heavy atom. The van der Waals surface area contributed by atoms with E-state index in [2.05, 4.69) is 10.3 Å². The van der Waals surface area contributed by atoms with E-state index >= 15 is 0 Å². The Labute approximate surface area is 122 Å². The minimum Gasteiger partial charge on any atom is -0.464 e. The van der Waals surface area contributed by atoms with Crippen LogP contribution in [0.2, 0.25) is 0 Å². The number of hydrogen-bond donors (Lipinski definition) is 1. The lowest BCUT2D eigenvalue weighted by Crippen LogP contribution is -2.45. The molecule has 110 valence electrons. The zero-order valence-electron chi connectivity index (χ0n) is 11.6. The molecule has 2 amide bonds. The van der Waals surface area contributed by atoms with Crippen molar-refractivity contribution in [1.82, 2.24) is 15.2 Å². The maximum Gasteiger partial charge on any atom is 0.317 e. The zero-order chi connectivity index (χ0) is 14.5. The van der Waals surface area contributed by atoms with Gasteiger partial charge >= 0.3 is 6.03 Å². The largest absolute Gasteiger partial charge is 0.464 e. The normalized spacial score (nSPS) is 15.0. The van der Waals surface area contributed by atoms with E-state index in [4.69, 9.17) is 9.15 Å². The first-order chi connectivity index (χ1) is 10.3. The Balaban J connectivity index is 1.60. The summed E-state index contributed by atoms with van der Waals surface area (Å²) >= 11 is 0. The van der Waals surface area contributed by atoms with E-state index < -0.39 is 0 Å². The molecule has 0 aromatic carbocycles. The summed E-state index contributed by atoms with van der Waals surface area (Å²) in [5.74, 6) is 0.767. The Bertz CT molecular complexity index is 592. The standard InChI is InChI=1S/C15H17N3O3/c19-15(18-3-6-20-7-4-18)17-10-12-8-13(11-16-9-12)14-2-1-5-21-14/h1-2,5,8-9,11H,3-4,6-7,10H2,(H,17,19). The van der Waals surface area contributed by atoms with Crippen molar-refractivity contribution in [3.63, 3.8) is 0 Å². The van der Waals surface area contributed by atoms with Crippen LogP contribution in [0.5, 0.6) is 0 Å². The van der Waals surface area contributed by atoms with Crippen LogP contribution in [0, 0.1) is 0 Å². The third kappa shape index (κ3) is 3.41. The minimum absolute atomic E-state index is 0.0679. The minimum atomic E-state index is -0.0679. The molecule has 0 spiro atoms. The van der Waals surface area contributed by atoms with Crippen LogP contribution in [0.4, 0.5) is 4.79 Å². The van der Waals surface area contributed by atoms with Crippen LogP contribution in [-0.2, 0) is 11.3 Å². The van der Waals surface area contributed by atoms with Crippen molar-refractivity contribution in [2.24, 2.45) is 0 Å². The van der Waals surface area contributed by atoms with Crippen molar-refractivity contribution < 1.29 is 13.9 Å². The van der Waals surface area contributed by atoms with Crippen LogP contribution in [-0.4, -0.2) is 42.2 Å². The SMILES string of the molecule is O=C(NCc1cncc(-c2ccco2)c1)N1CCOCC1. The fourth-order valence-corrected chi connectivity index (χ4v) is 2.22. The number of carbonyl (C=O) groups excluding carboxylic acids is 1. The van der Waals surface area contributed by atoms with Gasteiger partial charge in [-0.15, -0.1) is 0 Å². The van der Waals surface area contributed by atoms with E-state index in [1.165, 1.54) is 0 Å². The van der Waals surface area contributed by atoms with Gasteiger partial charge in [0.1, 0.15) is 5.76 Å². The zero-order valence-corrected chi connectivity index (χ0v) is 11.6. The number of hydrogen-bond acceptors (Lipinski definition) is 4. The third-order valence-electron chi connectivity index (χ3n) is 3.34. The summed E-state index contributed by atoms with van der Waals surface area (Å²) in [6, 6.07) is 5.61. The van der Waals surface area contributed by atoms with Crippen molar-refractivity contribution in [2.45, 2.75) is 6.54 Å². The van der Waals surface area contributed by atoms with Gasteiger partial charge in [-0.25, -0.2) is 4.79 Å². The molecule has 3 rings (SSSR count). The summed E-state index contributed by atoms with van der Waals surface area (Å²) in [6.07, 6.45) is 5.11. The highest BCUT2D eigenvalue weighted by Crippen LogP contribution is 2.19. The molecular formula is C15H17N3O3. The van der Waals surface area contributed by atoms with Gasteiger partial charge in [-0.1, -0.05) is 0 Å². The lowest BCUT2D eigenvalue weighted by atomic mass is 10.1. The maximum absolute atomic E-state index is 12.0. The van der Waals surface area contributed by atoms with Crippen molar-refractivity contribution in [3.05, 3.63) is 42.4 Å². The molecule has 0 aliphatic carbocycles. The highest BCUT2D eigenvalue weighted by Gasteiger charge is 2.16. The summed E-state index contributed by atoms with van der Waals surface area (Å²) in [5, 5.41) is 2.90. The van der Waals surface area contributed by atoms with Gasteiger partial charge < -0.3 is 19.4 Å². The number of pyridine rings is 1. The number of nitrogens with zero attached hydrogens (tertiary/aromatic N) is 2. The molecule has 3 heterocycles. The lowest BCUT2D eigenvalue weighted by Gasteiger charge is -2.26. The molecule has 0 unspecified atom stereocenters. The molecule has 1 saturated heterocycles. The van der Waals surface area contributed by atoms with Gasteiger partial charge in [-0.3, -0.25) is 4.98 Å². The Morgan fingerprint density at radius 2 is 2.19 bits per heavy atom. The average Bonchev–Trinajstić information content (AvgIpc) is 3.08. The topological polar surface area (TPSA) is 67.6 Å². The van der Waals surface area contributed by atoms with Gasteiger partial charge in [-0.05, 0) is 23.8 Å². The quantitative estimate of drug-likeness (QED) is 0.936. The van der Waals surface area contributed by atoms with Gasteiger partial charge in [0.25, 0.3) is 0 Å². The number of rotatable bonds is 3. The lowest BCUT2D eigenvalue weighted by molar-refractivity contribution is 0.0531. The molecule has 1 aliphatic rings. The van der Waals surface area contributed by atoms with E-state index in [0.29, 0.717) is 32.8 Å².